The first kappa shape index (κ1) is 22.0. The summed E-state index contributed by atoms with van der Waals surface area (Å²) in [4.78, 5) is 20.6. The Kier molecular flexibility index (Phi) is 5.85. The first-order valence-corrected chi connectivity index (χ1v) is 13.0. The van der Waals surface area contributed by atoms with Gasteiger partial charge in [-0.15, -0.1) is 10.2 Å². The minimum Gasteiger partial charge on any atom is -0.495 e. The highest BCUT2D eigenvalue weighted by molar-refractivity contribution is 7.99. The van der Waals surface area contributed by atoms with Gasteiger partial charge in [-0.2, -0.15) is 0 Å². The van der Waals surface area contributed by atoms with Crippen molar-refractivity contribution >= 4 is 34.3 Å². The number of ether oxygens (including phenoxy) is 1. The maximum absolute atomic E-state index is 13.0. The van der Waals surface area contributed by atoms with Gasteiger partial charge in [0.05, 0.1) is 18.6 Å². The van der Waals surface area contributed by atoms with Crippen molar-refractivity contribution in [1.82, 2.24) is 24.6 Å². The molecule has 1 amide bonds. The second-order valence-electron chi connectivity index (χ2n) is 8.98. The molecule has 2 aliphatic rings. The van der Waals surface area contributed by atoms with Gasteiger partial charge in [-0.1, -0.05) is 42.1 Å². The summed E-state index contributed by atoms with van der Waals surface area (Å²) in [5.74, 6) is 2.26. The number of methoxy groups -OCH3 is 1. The number of aromatic amines is 1. The molecule has 35 heavy (non-hydrogen) atoms. The van der Waals surface area contributed by atoms with E-state index in [-0.39, 0.29) is 5.91 Å². The zero-order valence-corrected chi connectivity index (χ0v) is 20.5. The van der Waals surface area contributed by atoms with Crippen molar-refractivity contribution in [3.05, 3.63) is 54.7 Å². The number of para-hydroxylation sites is 3. The van der Waals surface area contributed by atoms with Crippen LogP contribution in [0.4, 0.5) is 5.69 Å². The van der Waals surface area contributed by atoms with Gasteiger partial charge in [-0.05, 0) is 31.0 Å². The molecule has 2 fully saturated rings. The summed E-state index contributed by atoms with van der Waals surface area (Å²) in [6, 6.07) is 16.7. The largest absolute Gasteiger partial charge is 0.495 e. The Hall–Kier alpha value is -3.46. The monoisotopic (exact) mass is 488 g/mol. The van der Waals surface area contributed by atoms with Gasteiger partial charge in [-0.3, -0.25) is 9.36 Å². The van der Waals surface area contributed by atoms with Crippen LogP contribution in [0, 0.1) is 0 Å². The molecule has 6 rings (SSSR count). The fourth-order valence-electron chi connectivity index (χ4n) is 4.78. The Balaban J connectivity index is 1.13. The number of anilines is 1. The molecule has 0 bridgehead atoms. The average molecular weight is 489 g/mol. The molecule has 0 atom stereocenters. The second kappa shape index (κ2) is 9.30. The number of fused-ring (bicyclic) bond motifs is 1. The quantitative estimate of drug-likeness (QED) is 0.393. The standard InChI is InChI=1S/C26H28N6O2S/c1-34-23-9-5-4-8-22(23)30-12-14-31(15-13-30)24(33)17-35-26-29-28-25(32(26)18-10-11-18)20-16-27-21-7-3-2-6-19(20)21/h2-9,16,18,27H,10-15,17H2,1H3. The van der Waals surface area contributed by atoms with Crippen LogP contribution in [0.25, 0.3) is 22.3 Å². The molecule has 0 unspecified atom stereocenters. The molecule has 8 nitrogen and oxygen atoms in total. The van der Waals surface area contributed by atoms with Crippen LogP contribution in [0.1, 0.15) is 18.9 Å². The van der Waals surface area contributed by atoms with Crippen LogP contribution in [0.3, 0.4) is 0 Å². The second-order valence-corrected chi connectivity index (χ2v) is 9.93. The Labute approximate surface area is 208 Å². The third-order valence-electron chi connectivity index (χ3n) is 6.79. The number of hydrogen-bond acceptors (Lipinski definition) is 6. The molecule has 180 valence electrons. The highest BCUT2D eigenvalue weighted by Gasteiger charge is 2.31. The molecular weight excluding hydrogens is 460 g/mol. The van der Waals surface area contributed by atoms with E-state index in [4.69, 9.17) is 4.74 Å². The van der Waals surface area contributed by atoms with Gasteiger partial charge in [0.1, 0.15) is 5.75 Å². The lowest BCUT2D eigenvalue weighted by molar-refractivity contribution is -0.128. The van der Waals surface area contributed by atoms with Gasteiger partial charge in [0.15, 0.2) is 11.0 Å². The molecular formula is C26H28N6O2S. The lowest BCUT2D eigenvalue weighted by Crippen LogP contribution is -2.49. The molecule has 1 aliphatic carbocycles. The van der Waals surface area contributed by atoms with Crippen LogP contribution in [0.5, 0.6) is 5.75 Å². The Bertz CT molecular complexity index is 1350. The Morgan fingerprint density at radius 2 is 1.83 bits per heavy atom. The van der Waals surface area contributed by atoms with E-state index < -0.39 is 0 Å². The van der Waals surface area contributed by atoms with E-state index >= 15 is 0 Å². The number of hydrogen-bond donors (Lipinski definition) is 1. The SMILES string of the molecule is COc1ccccc1N1CCN(C(=O)CSc2nnc(-c3c[nH]c4ccccc34)n2C2CC2)CC1. The number of H-pyrrole nitrogens is 1. The van der Waals surface area contributed by atoms with E-state index in [9.17, 15) is 4.79 Å². The number of thioether (sulfide) groups is 1. The lowest BCUT2D eigenvalue weighted by atomic mass is 10.1. The molecule has 2 aromatic heterocycles. The molecule has 0 radical (unpaired) electrons. The van der Waals surface area contributed by atoms with E-state index in [0.29, 0.717) is 24.9 Å². The maximum atomic E-state index is 13.0. The van der Waals surface area contributed by atoms with Crippen molar-refractivity contribution in [2.24, 2.45) is 0 Å². The molecule has 1 aliphatic heterocycles. The van der Waals surface area contributed by atoms with Crippen molar-refractivity contribution in [1.29, 1.82) is 0 Å². The predicted octanol–water partition coefficient (Wildman–Crippen LogP) is 4.21. The molecule has 1 saturated carbocycles. The smallest absolute Gasteiger partial charge is 0.233 e. The molecule has 1 N–H and O–H groups in total. The summed E-state index contributed by atoms with van der Waals surface area (Å²) in [5, 5.41) is 11.0. The average Bonchev–Trinajstić information content (AvgIpc) is 3.52. The summed E-state index contributed by atoms with van der Waals surface area (Å²) in [6.07, 6.45) is 4.26. The van der Waals surface area contributed by atoms with Crippen molar-refractivity contribution in [2.45, 2.75) is 24.0 Å². The van der Waals surface area contributed by atoms with Gasteiger partial charge < -0.3 is 19.5 Å². The van der Waals surface area contributed by atoms with Crippen LogP contribution < -0.4 is 9.64 Å². The normalized spacial score (nSPS) is 16.1. The van der Waals surface area contributed by atoms with Gasteiger partial charge in [0.2, 0.25) is 5.91 Å². The van der Waals surface area contributed by atoms with Gasteiger partial charge in [0, 0.05) is 54.9 Å². The van der Waals surface area contributed by atoms with E-state index in [1.54, 1.807) is 7.11 Å². The Morgan fingerprint density at radius 3 is 2.63 bits per heavy atom. The predicted molar refractivity (Wildman–Crippen MR) is 138 cm³/mol. The number of nitrogens with zero attached hydrogens (tertiary/aromatic N) is 5. The lowest BCUT2D eigenvalue weighted by Gasteiger charge is -2.36. The van der Waals surface area contributed by atoms with E-state index in [2.05, 4.69) is 42.8 Å². The fraction of sp³-hybridized carbons (Fsp3) is 0.346. The van der Waals surface area contributed by atoms with Crippen LogP contribution in [-0.4, -0.2) is 69.6 Å². The van der Waals surface area contributed by atoms with Crippen LogP contribution in [0.2, 0.25) is 0 Å². The van der Waals surface area contributed by atoms with Crippen molar-refractivity contribution in [3.8, 4) is 17.1 Å². The third kappa shape index (κ3) is 4.25. The number of nitrogens with one attached hydrogen (secondary N) is 1. The van der Waals surface area contributed by atoms with Crippen LogP contribution in [0.15, 0.2) is 59.9 Å². The van der Waals surface area contributed by atoms with Gasteiger partial charge >= 0.3 is 0 Å². The molecule has 9 heteroatoms. The summed E-state index contributed by atoms with van der Waals surface area (Å²) in [6.45, 7) is 2.99. The zero-order chi connectivity index (χ0) is 23.8. The number of benzene rings is 2. The minimum absolute atomic E-state index is 0.147. The molecule has 2 aromatic carbocycles. The minimum atomic E-state index is 0.147. The van der Waals surface area contributed by atoms with Crippen molar-refractivity contribution in [2.75, 3.05) is 43.9 Å². The molecule has 0 spiro atoms. The molecule has 3 heterocycles. The summed E-state index contributed by atoms with van der Waals surface area (Å²) >= 11 is 1.50. The summed E-state index contributed by atoms with van der Waals surface area (Å²) in [5.41, 5.74) is 3.23. The number of carbonyl (C=O) groups excluding carboxylic acids is 1. The van der Waals surface area contributed by atoms with Crippen LogP contribution >= 0.6 is 11.8 Å². The number of carbonyl (C=O) groups is 1. The fourth-order valence-corrected chi connectivity index (χ4v) is 5.69. The van der Waals surface area contributed by atoms with Crippen molar-refractivity contribution < 1.29 is 9.53 Å². The third-order valence-corrected chi connectivity index (χ3v) is 7.72. The van der Waals surface area contributed by atoms with E-state index in [1.165, 1.54) is 11.8 Å². The van der Waals surface area contributed by atoms with E-state index in [1.807, 2.05) is 41.4 Å². The highest BCUT2D eigenvalue weighted by atomic mass is 32.2. The highest BCUT2D eigenvalue weighted by Crippen LogP contribution is 2.42. The molecule has 1 saturated heterocycles. The maximum Gasteiger partial charge on any atom is 0.233 e. The van der Waals surface area contributed by atoms with Crippen LogP contribution in [-0.2, 0) is 4.79 Å². The number of piperazine rings is 1. The summed E-state index contributed by atoms with van der Waals surface area (Å²) < 4.78 is 7.73. The Morgan fingerprint density at radius 1 is 1.06 bits per heavy atom. The molecule has 4 aromatic rings. The van der Waals surface area contributed by atoms with Gasteiger partial charge in [0.25, 0.3) is 0 Å². The number of rotatable bonds is 7. The van der Waals surface area contributed by atoms with Gasteiger partial charge in [-0.25, -0.2) is 0 Å². The first-order valence-electron chi connectivity index (χ1n) is 12.0. The summed E-state index contributed by atoms with van der Waals surface area (Å²) in [7, 11) is 1.69. The van der Waals surface area contributed by atoms with E-state index in [0.717, 1.165) is 64.8 Å². The van der Waals surface area contributed by atoms with Crippen molar-refractivity contribution in [3.63, 3.8) is 0 Å². The number of aromatic nitrogens is 4. The topological polar surface area (TPSA) is 79.3 Å². The zero-order valence-electron chi connectivity index (χ0n) is 19.7. The first-order chi connectivity index (χ1) is 17.2. The number of amides is 1.